The first kappa shape index (κ1) is 29.3. The Kier molecular flexibility index (Phi) is 12.2. The van der Waals surface area contributed by atoms with Crippen molar-refractivity contribution in [3.63, 3.8) is 0 Å². The molecule has 0 aromatic heterocycles. The summed E-state index contributed by atoms with van der Waals surface area (Å²) in [6.07, 6.45) is 17.0. The summed E-state index contributed by atoms with van der Waals surface area (Å²) in [7, 11) is 0. The summed E-state index contributed by atoms with van der Waals surface area (Å²) in [6.45, 7) is 2.47. The molecular formula is C32H44N2O4. The number of nitrogen functional groups attached to an aromatic ring is 2. The summed E-state index contributed by atoms with van der Waals surface area (Å²) in [5.74, 6) is 0.723. The molecule has 0 aliphatic heterocycles. The van der Waals surface area contributed by atoms with Crippen LogP contribution in [-0.4, -0.2) is 18.5 Å². The zero-order chi connectivity index (χ0) is 27.2. The van der Waals surface area contributed by atoms with Crippen LogP contribution in [0.3, 0.4) is 0 Å². The molecule has 4 N–H and O–H groups in total. The summed E-state index contributed by atoms with van der Waals surface area (Å²) in [5, 5.41) is 0. The lowest BCUT2D eigenvalue weighted by atomic mass is 9.80. The minimum Gasteiger partial charge on any atom is -0.462 e. The molecule has 1 fully saturated rings. The smallest absolute Gasteiger partial charge is 0.330 e. The van der Waals surface area contributed by atoms with Crippen molar-refractivity contribution >= 4 is 29.4 Å². The SMILES string of the molecule is CCCCCCCCC1CCC(C(=O)Oc2ccc(C=CC(=O)OCCc3cc(N)ccc3N)cc2)CC1. The molecule has 1 saturated carbocycles. The highest BCUT2D eigenvalue weighted by Crippen LogP contribution is 2.33. The van der Waals surface area contributed by atoms with Gasteiger partial charge in [0, 0.05) is 23.9 Å². The lowest BCUT2D eigenvalue weighted by molar-refractivity contribution is -0.140. The molecule has 0 atom stereocenters. The van der Waals surface area contributed by atoms with E-state index in [2.05, 4.69) is 6.92 Å². The van der Waals surface area contributed by atoms with E-state index in [1.165, 1.54) is 51.0 Å². The van der Waals surface area contributed by atoms with E-state index in [0.29, 0.717) is 23.5 Å². The van der Waals surface area contributed by atoms with E-state index in [0.717, 1.165) is 42.7 Å². The summed E-state index contributed by atoms with van der Waals surface area (Å²) in [4.78, 5) is 24.7. The average Bonchev–Trinajstić information content (AvgIpc) is 2.92. The molecule has 0 heterocycles. The van der Waals surface area contributed by atoms with E-state index in [-0.39, 0.29) is 18.5 Å². The van der Waals surface area contributed by atoms with Crippen LogP contribution < -0.4 is 16.2 Å². The quantitative estimate of drug-likeness (QED) is 0.0904. The van der Waals surface area contributed by atoms with Crippen molar-refractivity contribution in [2.75, 3.05) is 18.1 Å². The molecule has 1 aliphatic carbocycles. The Morgan fingerprint density at radius 3 is 2.37 bits per heavy atom. The zero-order valence-corrected chi connectivity index (χ0v) is 22.8. The number of carbonyl (C=O) groups excluding carboxylic acids is 2. The van der Waals surface area contributed by atoms with E-state index in [4.69, 9.17) is 20.9 Å². The van der Waals surface area contributed by atoms with Crippen molar-refractivity contribution in [3.8, 4) is 5.75 Å². The molecule has 6 nitrogen and oxygen atoms in total. The fourth-order valence-electron chi connectivity index (χ4n) is 5.06. The Morgan fingerprint density at radius 1 is 0.921 bits per heavy atom. The highest BCUT2D eigenvalue weighted by molar-refractivity contribution is 5.87. The molecule has 2 aromatic rings. The van der Waals surface area contributed by atoms with Gasteiger partial charge in [0.05, 0.1) is 12.5 Å². The molecule has 6 heteroatoms. The van der Waals surface area contributed by atoms with Gasteiger partial charge in [-0.2, -0.15) is 0 Å². The van der Waals surface area contributed by atoms with Crippen molar-refractivity contribution < 1.29 is 19.1 Å². The number of anilines is 2. The average molecular weight is 521 g/mol. The first-order valence-corrected chi connectivity index (χ1v) is 14.2. The van der Waals surface area contributed by atoms with Gasteiger partial charge in [0.15, 0.2) is 0 Å². The fraction of sp³-hybridized carbons (Fsp3) is 0.500. The second kappa shape index (κ2) is 15.9. The minimum absolute atomic E-state index is 0.00664. The van der Waals surface area contributed by atoms with Crippen molar-refractivity contribution in [1.82, 2.24) is 0 Å². The summed E-state index contributed by atoms with van der Waals surface area (Å²) < 4.78 is 10.9. The summed E-state index contributed by atoms with van der Waals surface area (Å²) in [6, 6.07) is 12.4. The molecular weight excluding hydrogens is 476 g/mol. The first-order chi connectivity index (χ1) is 18.4. The Hall–Kier alpha value is -3.28. The van der Waals surface area contributed by atoms with E-state index in [9.17, 15) is 9.59 Å². The van der Waals surface area contributed by atoms with Crippen LogP contribution in [0.5, 0.6) is 5.75 Å². The van der Waals surface area contributed by atoms with Gasteiger partial charge in [-0.05, 0) is 79.1 Å². The Labute approximate surface area is 227 Å². The highest BCUT2D eigenvalue weighted by Gasteiger charge is 2.27. The molecule has 0 saturated heterocycles. The number of benzene rings is 2. The van der Waals surface area contributed by atoms with E-state index < -0.39 is 5.97 Å². The molecule has 38 heavy (non-hydrogen) atoms. The molecule has 0 bridgehead atoms. The third-order valence-electron chi connectivity index (χ3n) is 7.44. The van der Waals surface area contributed by atoms with Gasteiger partial charge < -0.3 is 20.9 Å². The maximum Gasteiger partial charge on any atom is 0.330 e. The van der Waals surface area contributed by atoms with Gasteiger partial charge >= 0.3 is 11.9 Å². The van der Waals surface area contributed by atoms with Gasteiger partial charge in [0.25, 0.3) is 0 Å². The van der Waals surface area contributed by atoms with Gasteiger partial charge in [-0.3, -0.25) is 4.79 Å². The molecule has 0 unspecified atom stereocenters. The normalized spacial score (nSPS) is 17.4. The summed E-state index contributed by atoms with van der Waals surface area (Å²) in [5.41, 5.74) is 14.6. The van der Waals surface area contributed by atoms with Crippen LogP contribution in [0.4, 0.5) is 11.4 Å². The van der Waals surface area contributed by atoms with Gasteiger partial charge in [0.2, 0.25) is 0 Å². The van der Waals surface area contributed by atoms with Gasteiger partial charge in [-0.15, -0.1) is 0 Å². The molecule has 0 radical (unpaired) electrons. The fourth-order valence-corrected chi connectivity index (χ4v) is 5.06. The maximum atomic E-state index is 12.7. The van der Waals surface area contributed by atoms with Crippen molar-refractivity contribution in [2.45, 2.75) is 84.0 Å². The van der Waals surface area contributed by atoms with Crippen molar-refractivity contribution in [2.24, 2.45) is 11.8 Å². The largest absolute Gasteiger partial charge is 0.462 e. The second-order valence-electron chi connectivity index (χ2n) is 10.5. The molecule has 1 aliphatic rings. The minimum atomic E-state index is -0.435. The van der Waals surface area contributed by atoms with Crippen LogP contribution in [0, 0.1) is 11.8 Å². The third-order valence-corrected chi connectivity index (χ3v) is 7.44. The predicted molar refractivity (Wildman–Crippen MR) is 154 cm³/mol. The van der Waals surface area contributed by atoms with Gasteiger partial charge in [-0.25, -0.2) is 4.79 Å². The van der Waals surface area contributed by atoms with Gasteiger partial charge in [0.1, 0.15) is 5.75 Å². The lowest BCUT2D eigenvalue weighted by Crippen LogP contribution is -2.25. The molecule has 206 valence electrons. The van der Waals surface area contributed by atoms with Crippen molar-refractivity contribution in [3.05, 3.63) is 59.7 Å². The van der Waals surface area contributed by atoms with E-state index >= 15 is 0 Å². The predicted octanol–water partition coefficient (Wildman–Crippen LogP) is 7.11. The van der Waals surface area contributed by atoms with Crippen LogP contribution in [0.25, 0.3) is 6.08 Å². The maximum absolute atomic E-state index is 12.7. The number of esters is 2. The Bertz CT molecular complexity index is 1040. The topological polar surface area (TPSA) is 105 Å². The summed E-state index contributed by atoms with van der Waals surface area (Å²) >= 11 is 0. The Morgan fingerprint density at radius 2 is 1.63 bits per heavy atom. The number of hydrogen-bond acceptors (Lipinski definition) is 6. The van der Waals surface area contributed by atoms with Crippen LogP contribution in [0.15, 0.2) is 48.5 Å². The lowest BCUT2D eigenvalue weighted by Gasteiger charge is -2.27. The number of rotatable bonds is 14. The van der Waals surface area contributed by atoms with Crippen LogP contribution in [0.2, 0.25) is 0 Å². The zero-order valence-electron chi connectivity index (χ0n) is 22.8. The molecule has 0 amide bonds. The Balaban J connectivity index is 1.33. The number of unbranched alkanes of at least 4 members (excludes halogenated alkanes) is 5. The monoisotopic (exact) mass is 520 g/mol. The number of hydrogen-bond donors (Lipinski definition) is 2. The molecule has 0 spiro atoms. The standard InChI is InChI=1S/C32H44N2O4/c1-2-3-4-5-6-7-8-24-9-14-26(15-10-24)32(36)38-29-17-11-25(12-18-29)13-20-31(35)37-22-21-27-23-28(33)16-19-30(27)34/h11-13,16-20,23-24,26H,2-10,14-15,21-22,33-34H2,1H3. The van der Waals surface area contributed by atoms with Gasteiger partial charge in [-0.1, -0.05) is 64.0 Å². The van der Waals surface area contributed by atoms with E-state index in [1.807, 2.05) is 12.1 Å². The second-order valence-corrected chi connectivity index (χ2v) is 10.5. The third kappa shape index (κ3) is 10.2. The number of ether oxygens (including phenoxy) is 2. The van der Waals surface area contributed by atoms with Crippen LogP contribution >= 0.6 is 0 Å². The first-order valence-electron chi connectivity index (χ1n) is 14.2. The molecule has 3 rings (SSSR count). The van der Waals surface area contributed by atoms with E-state index in [1.54, 1.807) is 36.4 Å². The van der Waals surface area contributed by atoms with Crippen molar-refractivity contribution in [1.29, 1.82) is 0 Å². The van der Waals surface area contributed by atoms with Crippen LogP contribution in [-0.2, 0) is 20.7 Å². The highest BCUT2D eigenvalue weighted by atomic mass is 16.5. The van der Waals surface area contributed by atoms with Crippen LogP contribution in [0.1, 0.15) is 88.7 Å². The number of carbonyl (C=O) groups is 2. The molecule has 2 aromatic carbocycles. The number of nitrogens with two attached hydrogens (primary N) is 2.